The van der Waals surface area contributed by atoms with Gasteiger partial charge in [-0.05, 0) is 49.2 Å². The molecule has 2 N–H and O–H groups in total. The Morgan fingerprint density at radius 3 is 2.69 bits per heavy atom. The summed E-state index contributed by atoms with van der Waals surface area (Å²) in [5, 5.41) is 20.9. The van der Waals surface area contributed by atoms with Crippen LogP contribution in [0.2, 0.25) is 5.02 Å². The van der Waals surface area contributed by atoms with Crippen LogP contribution in [0.25, 0.3) is 22.2 Å². The van der Waals surface area contributed by atoms with Gasteiger partial charge in [0.15, 0.2) is 5.88 Å². The quantitative estimate of drug-likeness (QED) is 0.469. The minimum atomic E-state index is 0.0766. The van der Waals surface area contributed by atoms with Crippen LogP contribution in [0.1, 0.15) is 30.0 Å². The molecule has 8 heteroatoms. The molecule has 1 fully saturated rings. The average molecular weight is 452 g/mol. The molecule has 1 unspecified atom stereocenters. The van der Waals surface area contributed by atoms with E-state index in [0.717, 1.165) is 53.6 Å². The summed E-state index contributed by atoms with van der Waals surface area (Å²) in [5.41, 5.74) is 2.90. The predicted octanol–water partition coefficient (Wildman–Crippen LogP) is 4.37. The van der Waals surface area contributed by atoms with Crippen LogP contribution < -0.4 is 5.32 Å². The van der Waals surface area contributed by atoms with Crippen molar-refractivity contribution in [3.05, 3.63) is 64.6 Å². The molecule has 4 aromatic rings. The average Bonchev–Trinajstić information content (AvgIpc) is 3.41. The molecular weight excluding hydrogens is 426 g/mol. The second-order valence-corrected chi connectivity index (χ2v) is 8.82. The van der Waals surface area contributed by atoms with Crippen LogP contribution in [-0.4, -0.2) is 50.9 Å². The van der Waals surface area contributed by atoms with Gasteiger partial charge >= 0.3 is 0 Å². The van der Waals surface area contributed by atoms with E-state index in [0.29, 0.717) is 23.3 Å². The van der Waals surface area contributed by atoms with Crippen LogP contribution in [0.3, 0.4) is 0 Å². The zero-order valence-electron chi connectivity index (χ0n) is 18.2. The Balaban J connectivity index is 1.44. The molecule has 0 spiro atoms. The lowest BCUT2D eigenvalue weighted by atomic mass is 10.1. The number of aromatic hydroxyl groups is 1. The lowest BCUT2D eigenvalue weighted by Gasteiger charge is -2.30. The van der Waals surface area contributed by atoms with Crippen molar-refractivity contribution < 1.29 is 9.63 Å². The molecule has 32 heavy (non-hydrogen) atoms. The molecule has 5 rings (SSSR count). The molecule has 0 saturated carbocycles. The maximum Gasteiger partial charge on any atom is 0.244 e. The first-order valence-corrected chi connectivity index (χ1v) is 11.2. The number of fused-ring (bicyclic) bond motifs is 1. The number of nitrogens with one attached hydrogen (secondary N) is 1. The first-order chi connectivity index (χ1) is 15.5. The Kier molecular flexibility index (Phi) is 5.63. The van der Waals surface area contributed by atoms with Crippen molar-refractivity contribution >= 4 is 22.4 Å². The molecular formula is C24H26ClN5O2. The normalized spacial score (nSPS) is 16.0. The summed E-state index contributed by atoms with van der Waals surface area (Å²) in [5.74, 6) is 1.44. The molecule has 2 aromatic heterocycles. The van der Waals surface area contributed by atoms with Crippen molar-refractivity contribution in [1.29, 1.82) is 0 Å². The van der Waals surface area contributed by atoms with Gasteiger partial charge in [-0.3, -0.25) is 4.90 Å². The highest BCUT2D eigenvalue weighted by Gasteiger charge is 2.24. The number of halogens is 1. The topological polar surface area (TPSA) is 79.4 Å². The van der Waals surface area contributed by atoms with Gasteiger partial charge in [-0.25, -0.2) is 0 Å². The Hall–Kier alpha value is -2.87. The molecule has 0 radical (unpaired) electrons. The van der Waals surface area contributed by atoms with E-state index in [4.69, 9.17) is 16.1 Å². The number of aromatic nitrogens is 3. The van der Waals surface area contributed by atoms with Gasteiger partial charge < -0.3 is 19.5 Å². The first-order valence-electron chi connectivity index (χ1n) is 10.9. The summed E-state index contributed by atoms with van der Waals surface area (Å²) in [6, 6.07) is 11.7. The van der Waals surface area contributed by atoms with E-state index >= 15 is 0 Å². The Bertz CT molecular complexity index is 1240. The van der Waals surface area contributed by atoms with Crippen LogP contribution in [0.15, 0.2) is 47.1 Å². The summed E-state index contributed by atoms with van der Waals surface area (Å²) >= 11 is 5.99. The highest BCUT2D eigenvalue weighted by Crippen LogP contribution is 2.34. The van der Waals surface area contributed by atoms with E-state index in [1.165, 1.54) is 0 Å². The van der Waals surface area contributed by atoms with E-state index in [1.54, 1.807) is 0 Å². The fourth-order valence-electron chi connectivity index (χ4n) is 4.38. The number of nitrogens with zero attached hydrogens (tertiary/aromatic N) is 4. The molecule has 0 bridgehead atoms. The van der Waals surface area contributed by atoms with Crippen LogP contribution in [-0.2, 0) is 6.54 Å². The zero-order chi connectivity index (χ0) is 22.2. The molecule has 3 heterocycles. The molecule has 2 aromatic carbocycles. The predicted molar refractivity (Wildman–Crippen MR) is 125 cm³/mol. The van der Waals surface area contributed by atoms with E-state index in [-0.39, 0.29) is 11.9 Å². The molecule has 7 nitrogen and oxygen atoms in total. The molecule has 0 aliphatic carbocycles. The largest absolute Gasteiger partial charge is 0.494 e. The van der Waals surface area contributed by atoms with Crippen molar-refractivity contribution in [3.63, 3.8) is 0 Å². The van der Waals surface area contributed by atoms with E-state index in [9.17, 15) is 5.11 Å². The molecule has 1 atom stereocenters. The van der Waals surface area contributed by atoms with Crippen LogP contribution in [0, 0.1) is 6.92 Å². The molecule has 166 valence electrons. The summed E-state index contributed by atoms with van der Waals surface area (Å²) in [4.78, 5) is 7.03. The van der Waals surface area contributed by atoms with Crippen molar-refractivity contribution in [2.24, 2.45) is 0 Å². The lowest BCUT2D eigenvalue weighted by molar-refractivity contribution is 0.154. The fraction of sp³-hybridized carbons (Fsp3) is 0.333. The smallest absolute Gasteiger partial charge is 0.244 e. The van der Waals surface area contributed by atoms with Gasteiger partial charge in [0.25, 0.3) is 0 Å². The Morgan fingerprint density at radius 2 is 1.94 bits per heavy atom. The standard InChI is InChI=1S/C24H26ClN5O2/c1-15-11-18(22-27-23(32-28-22)16(2)29-9-7-26-8-10-29)12-19-14-30(24(31)21(15)19)13-17-3-5-20(25)6-4-17/h3-6,11-12,14,16,26,31H,7-10,13H2,1-2H3. The zero-order valence-corrected chi connectivity index (χ0v) is 18.9. The summed E-state index contributed by atoms with van der Waals surface area (Å²) in [6.45, 7) is 8.51. The molecule has 1 saturated heterocycles. The molecule has 1 aliphatic heterocycles. The number of hydrogen-bond donors (Lipinski definition) is 2. The van der Waals surface area contributed by atoms with Gasteiger partial charge in [-0.15, -0.1) is 0 Å². The summed E-state index contributed by atoms with van der Waals surface area (Å²) < 4.78 is 7.46. The third kappa shape index (κ3) is 3.99. The number of piperazine rings is 1. The highest BCUT2D eigenvalue weighted by molar-refractivity contribution is 6.30. The van der Waals surface area contributed by atoms with Crippen LogP contribution >= 0.6 is 11.6 Å². The van der Waals surface area contributed by atoms with Crippen LogP contribution in [0.4, 0.5) is 0 Å². The summed E-state index contributed by atoms with van der Waals surface area (Å²) in [6.07, 6.45) is 1.96. The maximum atomic E-state index is 10.8. The van der Waals surface area contributed by atoms with Gasteiger partial charge in [0.2, 0.25) is 11.7 Å². The van der Waals surface area contributed by atoms with E-state index in [2.05, 4.69) is 27.3 Å². The maximum absolute atomic E-state index is 10.8. The highest BCUT2D eigenvalue weighted by atomic mass is 35.5. The summed E-state index contributed by atoms with van der Waals surface area (Å²) in [7, 11) is 0. The minimum absolute atomic E-state index is 0.0766. The van der Waals surface area contributed by atoms with Crippen LogP contribution in [0.5, 0.6) is 5.88 Å². The Labute approximate surface area is 191 Å². The number of aryl methyl sites for hydroxylation is 1. The van der Waals surface area contributed by atoms with Gasteiger partial charge in [0.05, 0.1) is 12.6 Å². The van der Waals surface area contributed by atoms with Gasteiger partial charge in [-0.2, -0.15) is 4.98 Å². The van der Waals surface area contributed by atoms with Crippen molar-refractivity contribution in [3.8, 4) is 17.3 Å². The SMILES string of the molecule is Cc1cc(-c2noc(C(C)N3CCNCC3)n2)cc2cn(Cc3ccc(Cl)cc3)c(O)c12. The van der Waals surface area contributed by atoms with Gasteiger partial charge in [-0.1, -0.05) is 28.9 Å². The molecule has 0 amide bonds. The van der Waals surface area contributed by atoms with Gasteiger partial charge in [0.1, 0.15) is 0 Å². The molecule has 1 aliphatic rings. The minimum Gasteiger partial charge on any atom is -0.494 e. The van der Waals surface area contributed by atoms with Crippen molar-refractivity contribution in [2.75, 3.05) is 26.2 Å². The third-order valence-electron chi connectivity index (χ3n) is 6.18. The fourth-order valence-corrected chi connectivity index (χ4v) is 4.50. The lowest BCUT2D eigenvalue weighted by Crippen LogP contribution is -2.44. The third-order valence-corrected chi connectivity index (χ3v) is 6.43. The number of benzene rings is 2. The second kappa shape index (κ2) is 8.58. The monoisotopic (exact) mass is 451 g/mol. The van der Waals surface area contributed by atoms with Crippen molar-refractivity contribution in [2.45, 2.75) is 26.4 Å². The second-order valence-electron chi connectivity index (χ2n) is 8.38. The number of hydrogen-bond acceptors (Lipinski definition) is 6. The Morgan fingerprint density at radius 1 is 1.19 bits per heavy atom. The van der Waals surface area contributed by atoms with Gasteiger partial charge in [0, 0.05) is 53.7 Å². The van der Waals surface area contributed by atoms with Crippen molar-refractivity contribution in [1.82, 2.24) is 24.9 Å². The number of rotatable bonds is 5. The first kappa shape index (κ1) is 21.0. The van der Waals surface area contributed by atoms with E-state index in [1.807, 2.05) is 54.1 Å². The van der Waals surface area contributed by atoms with E-state index < -0.39 is 0 Å².